The van der Waals surface area contributed by atoms with Gasteiger partial charge in [0.2, 0.25) is 5.95 Å². The predicted octanol–water partition coefficient (Wildman–Crippen LogP) is 5.26. The van der Waals surface area contributed by atoms with Crippen molar-refractivity contribution in [1.82, 2.24) is 9.55 Å². The van der Waals surface area contributed by atoms with E-state index in [2.05, 4.69) is 63.4 Å². The number of rotatable bonds is 5. The van der Waals surface area contributed by atoms with Crippen LogP contribution in [-0.2, 0) is 0 Å². The molecule has 4 rings (SSSR count). The fraction of sp³-hybridized carbons (Fsp3) is 0.0455. The molecule has 1 aromatic heterocycles. The highest BCUT2D eigenvalue weighted by Crippen LogP contribution is 2.30. The molecular formula is C22H19N3. The molecule has 0 amide bonds. The summed E-state index contributed by atoms with van der Waals surface area (Å²) in [5, 5.41) is 3.42. The number of benzene rings is 3. The molecule has 1 N–H and O–H groups in total. The molecule has 0 saturated heterocycles. The van der Waals surface area contributed by atoms with Crippen LogP contribution in [0.1, 0.15) is 17.2 Å². The third kappa shape index (κ3) is 3.31. The Bertz CT molecular complexity index is 876. The number of hydrogen-bond acceptors (Lipinski definition) is 2. The molecule has 0 unspecified atom stereocenters. The van der Waals surface area contributed by atoms with E-state index in [-0.39, 0.29) is 6.04 Å². The molecule has 0 fully saturated rings. The zero-order chi connectivity index (χ0) is 16.9. The van der Waals surface area contributed by atoms with Gasteiger partial charge in [-0.15, -0.1) is 0 Å². The number of hydrogen-bond donors (Lipinski definition) is 1. The quantitative estimate of drug-likeness (QED) is 0.542. The van der Waals surface area contributed by atoms with Crippen LogP contribution in [0.4, 0.5) is 11.6 Å². The lowest BCUT2D eigenvalue weighted by Crippen LogP contribution is -2.14. The molecule has 0 bridgehead atoms. The van der Waals surface area contributed by atoms with Gasteiger partial charge in [-0.05, 0) is 23.3 Å². The van der Waals surface area contributed by atoms with Crippen molar-refractivity contribution in [1.29, 1.82) is 0 Å². The van der Waals surface area contributed by atoms with Crippen LogP contribution in [0.25, 0.3) is 0 Å². The third-order valence-corrected chi connectivity index (χ3v) is 4.21. The highest BCUT2D eigenvalue weighted by atomic mass is 15.2. The van der Waals surface area contributed by atoms with Gasteiger partial charge in [0.1, 0.15) is 0 Å². The predicted molar refractivity (Wildman–Crippen MR) is 102 cm³/mol. The summed E-state index contributed by atoms with van der Waals surface area (Å²) in [6, 6.07) is 31.2. The minimum absolute atomic E-state index is 0.0658. The van der Waals surface area contributed by atoms with Gasteiger partial charge in [0.05, 0.1) is 6.04 Å². The van der Waals surface area contributed by atoms with Crippen molar-refractivity contribution in [2.45, 2.75) is 6.04 Å². The molecular weight excluding hydrogens is 306 g/mol. The Hall–Kier alpha value is -3.33. The van der Waals surface area contributed by atoms with Crippen molar-refractivity contribution < 1.29 is 0 Å². The molecule has 0 spiro atoms. The van der Waals surface area contributed by atoms with Crippen LogP contribution in [0.2, 0.25) is 0 Å². The molecule has 3 nitrogen and oxygen atoms in total. The van der Waals surface area contributed by atoms with Crippen LogP contribution in [0.5, 0.6) is 0 Å². The van der Waals surface area contributed by atoms with Crippen molar-refractivity contribution >= 4 is 11.6 Å². The second-order valence-electron chi connectivity index (χ2n) is 5.87. The number of aromatic nitrogens is 2. The second-order valence-corrected chi connectivity index (χ2v) is 5.87. The SMILES string of the molecule is c1ccc(Nc2nccn2C(c2ccccc2)c2ccccc2)cc1. The maximum atomic E-state index is 4.54. The van der Waals surface area contributed by atoms with Crippen LogP contribution in [0.3, 0.4) is 0 Å². The lowest BCUT2D eigenvalue weighted by atomic mass is 9.98. The lowest BCUT2D eigenvalue weighted by molar-refractivity contribution is 0.686. The molecule has 25 heavy (non-hydrogen) atoms. The normalized spacial score (nSPS) is 10.8. The number of imidazole rings is 1. The maximum Gasteiger partial charge on any atom is 0.208 e. The zero-order valence-electron chi connectivity index (χ0n) is 13.8. The summed E-state index contributed by atoms with van der Waals surface area (Å²) in [5.74, 6) is 0.823. The van der Waals surface area contributed by atoms with Gasteiger partial charge >= 0.3 is 0 Å². The first kappa shape index (κ1) is 15.2. The van der Waals surface area contributed by atoms with Crippen molar-refractivity contribution in [2.75, 3.05) is 5.32 Å². The maximum absolute atomic E-state index is 4.54. The monoisotopic (exact) mass is 325 g/mol. The van der Waals surface area contributed by atoms with Crippen LogP contribution in [0, 0.1) is 0 Å². The lowest BCUT2D eigenvalue weighted by Gasteiger charge is -2.22. The molecule has 3 aromatic carbocycles. The first-order chi connectivity index (χ1) is 12.4. The Morgan fingerprint density at radius 3 is 1.76 bits per heavy atom. The first-order valence-electron chi connectivity index (χ1n) is 8.36. The first-order valence-corrected chi connectivity index (χ1v) is 8.36. The topological polar surface area (TPSA) is 29.9 Å². The van der Waals surface area contributed by atoms with Crippen LogP contribution in [-0.4, -0.2) is 9.55 Å². The minimum Gasteiger partial charge on any atom is -0.326 e. The summed E-state index contributed by atoms with van der Waals surface area (Å²) in [4.78, 5) is 4.54. The molecule has 0 radical (unpaired) electrons. The summed E-state index contributed by atoms with van der Waals surface area (Å²) in [7, 11) is 0. The van der Waals surface area contributed by atoms with Crippen molar-refractivity contribution in [3.63, 3.8) is 0 Å². The minimum atomic E-state index is 0.0658. The van der Waals surface area contributed by atoms with Gasteiger partial charge in [0, 0.05) is 18.1 Å². The summed E-state index contributed by atoms with van der Waals surface area (Å²) in [6.07, 6.45) is 3.86. The second kappa shape index (κ2) is 7.05. The van der Waals surface area contributed by atoms with Crippen LogP contribution >= 0.6 is 0 Å². The molecule has 0 aliphatic heterocycles. The van der Waals surface area contributed by atoms with E-state index >= 15 is 0 Å². The molecule has 0 saturated carbocycles. The van der Waals surface area contributed by atoms with Gasteiger partial charge in [-0.2, -0.15) is 0 Å². The highest BCUT2D eigenvalue weighted by Gasteiger charge is 2.18. The molecule has 1 heterocycles. The fourth-order valence-corrected chi connectivity index (χ4v) is 3.05. The van der Waals surface area contributed by atoms with Gasteiger partial charge < -0.3 is 9.88 Å². The van der Waals surface area contributed by atoms with Crippen molar-refractivity contribution in [3.05, 3.63) is 115 Å². The van der Waals surface area contributed by atoms with Gasteiger partial charge in [0.25, 0.3) is 0 Å². The molecule has 0 atom stereocenters. The standard InChI is InChI=1S/C22H19N3/c1-4-10-18(11-5-1)21(19-12-6-2-7-13-19)25-17-16-23-22(25)24-20-14-8-3-9-15-20/h1-17,21H,(H,23,24). The Balaban J connectivity index is 1.78. The highest BCUT2D eigenvalue weighted by molar-refractivity contribution is 5.54. The van der Waals surface area contributed by atoms with E-state index in [1.54, 1.807) is 0 Å². The molecule has 0 aliphatic carbocycles. The molecule has 0 aliphatic rings. The van der Waals surface area contributed by atoms with Crippen LogP contribution in [0.15, 0.2) is 103 Å². The van der Waals surface area contributed by atoms with E-state index in [0.717, 1.165) is 11.6 Å². The van der Waals surface area contributed by atoms with E-state index in [1.165, 1.54) is 11.1 Å². The van der Waals surface area contributed by atoms with E-state index in [4.69, 9.17) is 0 Å². The van der Waals surface area contributed by atoms with E-state index in [0.29, 0.717) is 0 Å². The van der Waals surface area contributed by atoms with E-state index in [1.807, 2.05) is 54.9 Å². The van der Waals surface area contributed by atoms with Gasteiger partial charge in [-0.1, -0.05) is 78.9 Å². The summed E-state index contributed by atoms with van der Waals surface area (Å²) in [5.41, 5.74) is 3.47. The van der Waals surface area contributed by atoms with Gasteiger partial charge in [-0.3, -0.25) is 0 Å². The largest absolute Gasteiger partial charge is 0.326 e. The fourth-order valence-electron chi connectivity index (χ4n) is 3.05. The Morgan fingerprint density at radius 2 is 1.20 bits per heavy atom. The Kier molecular flexibility index (Phi) is 4.29. The van der Waals surface area contributed by atoms with Gasteiger partial charge in [0.15, 0.2) is 0 Å². The zero-order valence-corrected chi connectivity index (χ0v) is 13.8. The van der Waals surface area contributed by atoms with Crippen molar-refractivity contribution in [2.24, 2.45) is 0 Å². The molecule has 3 heteroatoms. The van der Waals surface area contributed by atoms with Gasteiger partial charge in [-0.25, -0.2) is 4.98 Å². The number of para-hydroxylation sites is 1. The van der Waals surface area contributed by atoms with Crippen molar-refractivity contribution in [3.8, 4) is 0 Å². The average molecular weight is 325 g/mol. The number of anilines is 2. The molecule has 122 valence electrons. The average Bonchev–Trinajstić information content (AvgIpc) is 3.12. The van der Waals surface area contributed by atoms with E-state index < -0.39 is 0 Å². The van der Waals surface area contributed by atoms with E-state index in [9.17, 15) is 0 Å². The number of nitrogens with one attached hydrogen (secondary N) is 1. The Labute approximate surface area is 147 Å². The summed E-state index contributed by atoms with van der Waals surface area (Å²) in [6.45, 7) is 0. The number of nitrogens with zero attached hydrogens (tertiary/aromatic N) is 2. The molecule has 4 aromatic rings. The van der Waals surface area contributed by atoms with Crippen LogP contribution < -0.4 is 5.32 Å². The summed E-state index contributed by atoms with van der Waals surface area (Å²) >= 11 is 0. The summed E-state index contributed by atoms with van der Waals surface area (Å²) < 4.78 is 2.18. The smallest absolute Gasteiger partial charge is 0.208 e. The Morgan fingerprint density at radius 1 is 0.680 bits per heavy atom. The third-order valence-electron chi connectivity index (χ3n) is 4.21.